The molecular formula is C26H33BN6O6. The zero-order valence-electron chi connectivity index (χ0n) is 22.2. The van der Waals surface area contributed by atoms with Crippen molar-refractivity contribution in [3.05, 3.63) is 60.2 Å². The van der Waals surface area contributed by atoms with E-state index in [9.17, 15) is 19.2 Å². The fourth-order valence-corrected chi connectivity index (χ4v) is 4.67. The Morgan fingerprint density at radius 2 is 1.74 bits per heavy atom. The fraction of sp³-hybridized carbons (Fsp3) is 0.462. The second-order valence-corrected chi connectivity index (χ2v) is 10.1. The van der Waals surface area contributed by atoms with Crippen LogP contribution in [-0.2, 0) is 30.1 Å². The highest BCUT2D eigenvalue weighted by atomic mass is 16.6. The maximum absolute atomic E-state index is 13.7. The molecule has 4 atom stereocenters. The van der Waals surface area contributed by atoms with Crippen molar-refractivity contribution in [1.29, 1.82) is 0 Å². The first kappa shape index (κ1) is 28.2. The topological polar surface area (TPSA) is 152 Å². The molecule has 12 nitrogen and oxygen atoms in total. The van der Waals surface area contributed by atoms with E-state index in [0.717, 1.165) is 5.56 Å². The van der Waals surface area contributed by atoms with Gasteiger partial charge in [-0.3, -0.25) is 29.1 Å². The minimum atomic E-state index is -1.32. The van der Waals surface area contributed by atoms with E-state index in [-0.39, 0.29) is 18.0 Å². The normalized spacial score (nSPS) is 21.2. The molecule has 0 saturated carbocycles. The lowest BCUT2D eigenvalue weighted by Crippen LogP contribution is -2.66. The molecule has 0 radical (unpaired) electrons. The van der Waals surface area contributed by atoms with Gasteiger partial charge in [-0.2, -0.15) is 0 Å². The first-order valence-corrected chi connectivity index (χ1v) is 13.0. The zero-order valence-corrected chi connectivity index (χ0v) is 22.2. The molecule has 0 spiro atoms. The minimum absolute atomic E-state index is 0.0590. The van der Waals surface area contributed by atoms with Crippen LogP contribution in [0.1, 0.15) is 36.3 Å². The summed E-state index contributed by atoms with van der Waals surface area (Å²) in [6, 6.07) is 6.92. The van der Waals surface area contributed by atoms with Crippen molar-refractivity contribution in [3.63, 3.8) is 0 Å². The highest BCUT2D eigenvalue weighted by Crippen LogP contribution is 2.19. The Morgan fingerprint density at radius 3 is 2.33 bits per heavy atom. The van der Waals surface area contributed by atoms with Crippen molar-refractivity contribution >= 4 is 30.9 Å². The molecule has 4 rings (SSSR count). The van der Waals surface area contributed by atoms with E-state index >= 15 is 0 Å². The summed E-state index contributed by atoms with van der Waals surface area (Å²) in [5, 5.41) is 8.69. The summed E-state index contributed by atoms with van der Waals surface area (Å²) in [6.45, 7) is 4.55. The molecule has 39 heavy (non-hydrogen) atoms. The quantitative estimate of drug-likeness (QED) is 0.366. The van der Waals surface area contributed by atoms with Gasteiger partial charge >= 0.3 is 19.1 Å². The SMILES string of the molecule is CC(C)C[C@H](NC(=O)C(Cc1ccccc1)NC(=O)c1cnccn1)B1OC(=O)[C@@H]2CNC[C@@H](C(=O)O1)N2C. The van der Waals surface area contributed by atoms with Crippen LogP contribution in [-0.4, -0.2) is 89.9 Å². The van der Waals surface area contributed by atoms with Crippen LogP contribution in [0, 0.1) is 5.92 Å². The van der Waals surface area contributed by atoms with Crippen LogP contribution in [0.3, 0.4) is 0 Å². The summed E-state index contributed by atoms with van der Waals surface area (Å²) in [7, 11) is 0.363. The molecule has 13 heteroatoms. The molecular weight excluding hydrogens is 503 g/mol. The molecule has 2 aliphatic rings. The number of nitrogens with zero attached hydrogens (tertiary/aromatic N) is 3. The van der Waals surface area contributed by atoms with E-state index in [1.807, 2.05) is 44.2 Å². The fourth-order valence-electron chi connectivity index (χ4n) is 4.67. The van der Waals surface area contributed by atoms with Crippen molar-refractivity contribution in [2.75, 3.05) is 20.1 Å². The van der Waals surface area contributed by atoms with Gasteiger partial charge in [0, 0.05) is 31.9 Å². The van der Waals surface area contributed by atoms with Crippen molar-refractivity contribution in [3.8, 4) is 0 Å². The van der Waals surface area contributed by atoms with E-state index < -0.39 is 54.9 Å². The monoisotopic (exact) mass is 536 g/mol. The van der Waals surface area contributed by atoms with E-state index in [1.54, 1.807) is 11.9 Å². The number of piperazine rings is 1. The summed E-state index contributed by atoms with van der Waals surface area (Å²) < 4.78 is 11.3. The molecule has 1 unspecified atom stereocenters. The lowest BCUT2D eigenvalue weighted by atomic mass is 9.73. The summed E-state index contributed by atoms with van der Waals surface area (Å²) in [5.41, 5.74) is 0.888. The third kappa shape index (κ3) is 7.18. The maximum Gasteiger partial charge on any atom is 0.622 e. The lowest BCUT2D eigenvalue weighted by molar-refractivity contribution is -0.156. The number of amides is 2. The van der Waals surface area contributed by atoms with Gasteiger partial charge in [-0.25, -0.2) is 4.98 Å². The maximum atomic E-state index is 13.7. The van der Waals surface area contributed by atoms with Gasteiger partial charge in [0.2, 0.25) is 5.91 Å². The van der Waals surface area contributed by atoms with Crippen LogP contribution < -0.4 is 16.0 Å². The number of fused-ring (bicyclic) bond motifs is 2. The van der Waals surface area contributed by atoms with E-state index in [4.69, 9.17) is 9.31 Å². The molecule has 2 saturated heterocycles. The first-order chi connectivity index (χ1) is 18.7. The van der Waals surface area contributed by atoms with E-state index in [0.29, 0.717) is 19.5 Å². The summed E-state index contributed by atoms with van der Waals surface area (Å²) in [6.07, 6.45) is 4.69. The second kappa shape index (κ2) is 12.8. The van der Waals surface area contributed by atoms with Crippen LogP contribution in [0.4, 0.5) is 0 Å². The van der Waals surface area contributed by atoms with Gasteiger partial charge in [0.1, 0.15) is 23.8 Å². The highest BCUT2D eigenvalue weighted by molar-refractivity contribution is 6.51. The Labute approximate surface area is 227 Å². The summed E-state index contributed by atoms with van der Waals surface area (Å²) in [4.78, 5) is 62.1. The Kier molecular flexibility index (Phi) is 9.26. The molecule has 2 bridgehead atoms. The molecule has 2 aliphatic heterocycles. The third-order valence-corrected chi connectivity index (χ3v) is 6.75. The largest absolute Gasteiger partial charge is 0.622 e. The van der Waals surface area contributed by atoms with Crippen molar-refractivity contribution in [2.24, 2.45) is 5.92 Å². The molecule has 2 amide bonds. The summed E-state index contributed by atoms with van der Waals surface area (Å²) >= 11 is 0. The number of benzene rings is 1. The van der Waals surface area contributed by atoms with Gasteiger partial charge < -0.3 is 25.3 Å². The molecule has 206 valence electrons. The van der Waals surface area contributed by atoms with Gasteiger partial charge in [-0.15, -0.1) is 0 Å². The van der Waals surface area contributed by atoms with E-state index in [2.05, 4.69) is 25.9 Å². The van der Waals surface area contributed by atoms with Gasteiger partial charge in [0.15, 0.2) is 0 Å². The van der Waals surface area contributed by atoms with Crippen LogP contribution >= 0.6 is 0 Å². The standard InChI is InChI=1S/C26H33BN6O6/c1-16(2)11-22(27-38-25(36)20-14-29-15-21(33(20)3)26(37)39-27)32-23(34)18(12-17-7-5-4-6-8-17)31-24(35)19-13-28-9-10-30-19/h4-10,13,16,18,20-22,29H,11-12,14-15H2,1-3H3,(H,31,35)(H,32,34)/t18?,20-,21-,22-/m0/s1. The lowest BCUT2D eigenvalue weighted by Gasteiger charge is -2.40. The van der Waals surface area contributed by atoms with Crippen molar-refractivity contribution in [1.82, 2.24) is 30.8 Å². The number of nitrogens with one attached hydrogen (secondary N) is 3. The number of hydrogen-bond donors (Lipinski definition) is 3. The molecule has 1 aromatic carbocycles. The first-order valence-electron chi connectivity index (χ1n) is 13.0. The molecule has 0 aliphatic carbocycles. The molecule has 2 fully saturated rings. The number of aromatic nitrogens is 2. The van der Waals surface area contributed by atoms with Gasteiger partial charge in [-0.05, 0) is 24.9 Å². The average molecular weight is 536 g/mol. The molecule has 3 heterocycles. The third-order valence-electron chi connectivity index (χ3n) is 6.75. The van der Waals surface area contributed by atoms with Gasteiger partial charge in [0.25, 0.3) is 5.91 Å². The smallest absolute Gasteiger partial charge is 0.497 e. The second-order valence-electron chi connectivity index (χ2n) is 10.1. The number of carbonyl (C=O) groups is 4. The molecule has 1 aromatic heterocycles. The summed E-state index contributed by atoms with van der Waals surface area (Å²) in [5.74, 6) is -2.96. The van der Waals surface area contributed by atoms with Crippen LogP contribution in [0.2, 0.25) is 0 Å². The Bertz CT molecular complexity index is 1140. The predicted molar refractivity (Wildman–Crippen MR) is 141 cm³/mol. The Morgan fingerprint density at radius 1 is 1.08 bits per heavy atom. The predicted octanol–water partition coefficient (Wildman–Crippen LogP) is -0.252. The minimum Gasteiger partial charge on any atom is -0.497 e. The average Bonchev–Trinajstić information content (AvgIpc) is 2.92. The number of likely N-dealkylation sites (N-methyl/N-ethyl adjacent to an activating group) is 1. The van der Waals surface area contributed by atoms with Crippen LogP contribution in [0.5, 0.6) is 0 Å². The zero-order chi connectivity index (χ0) is 27.9. The number of carbonyl (C=O) groups excluding carboxylic acids is 4. The number of hydrogen-bond acceptors (Lipinski definition) is 10. The number of rotatable bonds is 9. The van der Waals surface area contributed by atoms with Crippen molar-refractivity contribution < 1.29 is 28.5 Å². The highest BCUT2D eigenvalue weighted by Gasteiger charge is 2.48. The molecule has 3 N–H and O–H groups in total. The van der Waals surface area contributed by atoms with Crippen LogP contribution in [0.25, 0.3) is 0 Å². The van der Waals surface area contributed by atoms with Gasteiger partial charge in [0.05, 0.1) is 12.1 Å². The Hall–Kier alpha value is -3.84. The Balaban J connectivity index is 1.56. The van der Waals surface area contributed by atoms with Gasteiger partial charge in [-0.1, -0.05) is 44.2 Å². The van der Waals surface area contributed by atoms with Crippen molar-refractivity contribution in [2.45, 2.75) is 50.8 Å². The van der Waals surface area contributed by atoms with E-state index in [1.165, 1.54) is 18.6 Å². The molecule has 2 aromatic rings. The van der Waals surface area contributed by atoms with Crippen LogP contribution in [0.15, 0.2) is 48.9 Å².